The van der Waals surface area contributed by atoms with E-state index in [1.807, 2.05) is 30.3 Å². The van der Waals surface area contributed by atoms with E-state index in [4.69, 9.17) is 5.11 Å². The SMILES string of the molecule is O=C(O)c1ccc(CC2Sc3c(F)cccc3N(Cc3ccccc3)C2=O)cc1. The number of aromatic carboxylic acids is 1. The van der Waals surface area contributed by atoms with Crippen LogP contribution in [0.5, 0.6) is 0 Å². The lowest BCUT2D eigenvalue weighted by molar-refractivity contribution is -0.118. The highest BCUT2D eigenvalue weighted by Crippen LogP contribution is 2.42. The number of carboxylic acids is 1. The molecule has 0 fully saturated rings. The van der Waals surface area contributed by atoms with Crippen molar-refractivity contribution in [3.8, 4) is 0 Å². The highest BCUT2D eigenvalue weighted by atomic mass is 32.2. The van der Waals surface area contributed by atoms with E-state index in [1.54, 1.807) is 29.2 Å². The average molecular weight is 407 g/mol. The van der Waals surface area contributed by atoms with Crippen molar-refractivity contribution in [3.63, 3.8) is 0 Å². The number of rotatable bonds is 5. The molecular formula is C23H18FNO3S. The minimum atomic E-state index is -0.996. The number of hydrogen-bond acceptors (Lipinski definition) is 3. The fourth-order valence-corrected chi connectivity index (χ4v) is 4.64. The number of benzene rings is 3. The standard InChI is InChI=1S/C23H18FNO3S/c24-18-7-4-8-19-21(18)29-20(13-15-9-11-17(12-10-15)23(27)28)22(26)25(19)14-16-5-2-1-3-6-16/h1-12,20H,13-14H2,(H,27,28). The summed E-state index contributed by atoms with van der Waals surface area (Å²) >= 11 is 1.23. The molecule has 0 aromatic heterocycles. The van der Waals surface area contributed by atoms with E-state index in [9.17, 15) is 14.0 Å². The van der Waals surface area contributed by atoms with Crippen LogP contribution in [0.1, 0.15) is 21.5 Å². The molecular weight excluding hydrogens is 389 g/mol. The van der Waals surface area contributed by atoms with Crippen LogP contribution in [0.2, 0.25) is 0 Å². The van der Waals surface area contributed by atoms with Crippen molar-refractivity contribution < 1.29 is 19.1 Å². The summed E-state index contributed by atoms with van der Waals surface area (Å²) in [6.45, 7) is 0.366. The van der Waals surface area contributed by atoms with Gasteiger partial charge >= 0.3 is 5.97 Å². The lowest BCUT2D eigenvalue weighted by Gasteiger charge is -2.34. The molecule has 0 saturated carbocycles. The highest BCUT2D eigenvalue weighted by Gasteiger charge is 2.35. The first-order chi connectivity index (χ1) is 14.0. The Morgan fingerprint density at radius 2 is 1.69 bits per heavy atom. The van der Waals surface area contributed by atoms with E-state index in [0.717, 1.165) is 11.1 Å². The fraction of sp³-hybridized carbons (Fsp3) is 0.130. The number of amides is 1. The minimum absolute atomic E-state index is 0.0840. The van der Waals surface area contributed by atoms with E-state index in [1.165, 1.54) is 30.0 Å². The van der Waals surface area contributed by atoms with Crippen LogP contribution in [-0.4, -0.2) is 22.2 Å². The van der Waals surface area contributed by atoms with Gasteiger partial charge in [0.1, 0.15) is 5.82 Å². The first-order valence-corrected chi connectivity index (χ1v) is 10.0. The topological polar surface area (TPSA) is 57.6 Å². The van der Waals surface area contributed by atoms with Crippen molar-refractivity contribution in [2.24, 2.45) is 0 Å². The van der Waals surface area contributed by atoms with Crippen molar-refractivity contribution in [1.29, 1.82) is 0 Å². The second-order valence-corrected chi connectivity index (χ2v) is 8.02. The Hall–Kier alpha value is -3.12. The maximum atomic E-state index is 14.5. The zero-order valence-electron chi connectivity index (χ0n) is 15.4. The molecule has 29 heavy (non-hydrogen) atoms. The molecule has 3 aromatic carbocycles. The van der Waals surface area contributed by atoms with Crippen LogP contribution in [0.15, 0.2) is 77.7 Å². The minimum Gasteiger partial charge on any atom is -0.478 e. The number of carbonyl (C=O) groups excluding carboxylic acids is 1. The molecule has 3 aromatic rings. The molecule has 1 unspecified atom stereocenters. The molecule has 146 valence electrons. The maximum Gasteiger partial charge on any atom is 0.335 e. The Kier molecular flexibility index (Phi) is 5.36. The van der Waals surface area contributed by atoms with Crippen molar-refractivity contribution in [2.45, 2.75) is 23.1 Å². The molecule has 0 aliphatic carbocycles. The van der Waals surface area contributed by atoms with E-state index in [2.05, 4.69) is 0 Å². The monoisotopic (exact) mass is 407 g/mol. The Labute approximate surface area is 172 Å². The molecule has 6 heteroatoms. The van der Waals surface area contributed by atoms with Gasteiger partial charge in [0.05, 0.1) is 27.9 Å². The third-order valence-corrected chi connectivity index (χ3v) is 6.14. The second kappa shape index (κ2) is 8.09. The molecule has 1 aliphatic heterocycles. The van der Waals surface area contributed by atoms with Gasteiger partial charge in [-0.3, -0.25) is 4.79 Å². The second-order valence-electron chi connectivity index (χ2n) is 6.81. The van der Waals surface area contributed by atoms with Gasteiger partial charge < -0.3 is 10.0 Å². The number of carboxylic acid groups (broad SMARTS) is 1. The summed E-state index contributed by atoms with van der Waals surface area (Å²) in [5.74, 6) is -1.42. The van der Waals surface area contributed by atoms with Crippen LogP contribution in [-0.2, 0) is 17.8 Å². The molecule has 1 aliphatic rings. The third-order valence-electron chi connectivity index (χ3n) is 4.84. The van der Waals surface area contributed by atoms with Gasteiger partial charge in [0.2, 0.25) is 5.91 Å². The smallest absolute Gasteiger partial charge is 0.335 e. The summed E-state index contributed by atoms with van der Waals surface area (Å²) in [5.41, 5.74) is 2.58. The normalized spacial score (nSPS) is 15.8. The van der Waals surface area contributed by atoms with Crippen LogP contribution < -0.4 is 4.90 Å². The summed E-state index contributed by atoms with van der Waals surface area (Å²) in [7, 11) is 0. The predicted octanol–water partition coefficient (Wildman–Crippen LogP) is 4.77. The highest BCUT2D eigenvalue weighted by molar-refractivity contribution is 8.01. The van der Waals surface area contributed by atoms with Gasteiger partial charge in [0.25, 0.3) is 0 Å². The Morgan fingerprint density at radius 1 is 0.966 bits per heavy atom. The average Bonchev–Trinajstić information content (AvgIpc) is 2.73. The Bertz CT molecular complexity index is 1050. The summed E-state index contributed by atoms with van der Waals surface area (Å²) in [4.78, 5) is 26.4. The number of halogens is 1. The Morgan fingerprint density at radius 3 is 2.38 bits per heavy atom. The van der Waals surface area contributed by atoms with Gasteiger partial charge in [0.15, 0.2) is 0 Å². The van der Waals surface area contributed by atoms with Gasteiger partial charge in [-0.15, -0.1) is 11.8 Å². The molecule has 0 spiro atoms. The van der Waals surface area contributed by atoms with Crippen molar-refractivity contribution >= 4 is 29.3 Å². The van der Waals surface area contributed by atoms with Crippen LogP contribution in [0.4, 0.5) is 10.1 Å². The molecule has 0 saturated heterocycles. The van der Waals surface area contributed by atoms with Gasteiger partial charge in [0, 0.05) is 0 Å². The number of nitrogens with zero attached hydrogens (tertiary/aromatic N) is 1. The lowest BCUT2D eigenvalue weighted by Crippen LogP contribution is -2.41. The van der Waals surface area contributed by atoms with Gasteiger partial charge in [-0.1, -0.05) is 48.5 Å². The number of carbonyl (C=O) groups is 2. The molecule has 0 bridgehead atoms. The molecule has 0 radical (unpaired) electrons. The zero-order chi connectivity index (χ0) is 20.4. The van der Waals surface area contributed by atoms with Gasteiger partial charge in [-0.25, -0.2) is 9.18 Å². The first kappa shape index (κ1) is 19.2. The van der Waals surface area contributed by atoms with E-state index in [0.29, 0.717) is 23.5 Å². The number of fused-ring (bicyclic) bond motifs is 1. The molecule has 4 nitrogen and oxygen atoms in total. The first-order valence-electron chi connectivity index (χ1n) is 9.15. The van der Waals surface area contributed by atoms with E-state index >= 15 is 0 Å². The van der Waals surface area contributed by atoms with Crippen LogP contribution in [0.25, 0.3) is 0 Å². The van der Waals surface area contributed by atoms with Crippen LogP contribution in [0, 0.1) is 5.82 Å². The zero-order valence-corrected chi connectivity index (χ0v) is 16.2. The molecule has 1 atom stereocenters. The third kappa shape index (κ3) is 4.03. The summed E-state index contributed by atoms with van der Waals surface area (Å²) in [5, 5.41) is 8.56. The predicted molar refractivity (Wildman–Crippen MR) is 111 cm³/mol. The lowest BCUT2D eigenvalue weighted by atomic mass is 10.1. The molecule has 4 rings (SSSR count). The van der Waals surface area contributed by atoms with Crippen LogP contribution >= 0.6 is 11.8 Å². The van der Waals surface area contributed by atoms with Crippen LogP contribution in [0.3, 0.4) is 0 Å². The fourth-order valence-electron chi connectivity index (χ4n) is 3.37. The quantitative estimate of drug-likeness (QED) is 0.662. The van der Waals surface area contributed by atoms with Crippen molar-refractivity contribution in [2.75, 3.05) is 4.90 Å². The van der Waals surface area contributed by atoms with Gasteiger partial charge in [-0.05, 0) is 41.8 Å². The molecule has 1 heterocycles. The van der Waals surface area contributed by atoms with E-state index < -0.39 is 11.2 Å². The Balaban J connectivity index is 1.64. The number of hydrogen-bond donors (Lipinski definition) is 1. The molecule has 1 N–H and O–H groups in total. The summed E-state index contributed by atoms with van der Waals surface area (Å²) < 4.78 is 14.5. The summed E-state index contributed by atoms with van der Waals surface area (Å²) in [6, 6.07) is 20.8. The van der Waals surface area contributed by atoms with Crippen molar-refractivity contribution in [3.05, 3.63) is 95.3 Å². The number of thioether (sulfide) groups is 1. The maximum absolute atomic E-state index is 14.5. The molecule has 1 amide bonds. The largest absolute Gasteiger partial charge is 0.478 e. The number of anilines is 1. The summed E-state index contributed by atoms with van der Waals surface area (Å²) in [6.07, 6.45) is 0.391. The van der Waals surface area contributed by atoms with E-state index in [-0.39, 0.29) is 17.3 Å². The van der Waals surface area contributed by atoms with Crippen molar-refractivity contribution in [1.82, 2.24) is 0 Å². The van der Waals surface area contributed by atoms with Gasteiger partial charge in [-0.2, -0.15) is 0 Å².